The smallest absolute Gasteiger partial charge is 0.359 e. The van der Waals surface area contributed by atoms with Crippen LogP contribution >= 0.6 is 0 Å². The van der Waals surface area contributed by atoms with Gasteiger partial charge in [-0.05, 0) is 44.9 Å². The molecule has 0 saturated heterocycles. The Balaban J connectivity index is 1.77. The zero-order chi connectivity index (χ0) is 20.4. The molecule has 0 atom stereocenters. The summed E-state index contributed by atoms with van der Waals surface area (Å²) in [6.07, 6.45) is 3.39. The van der Waals surface area contributed by atoms with Crippen molar-refractivity contribution in [3.8, 4) is 11.5 Å². The van der Waals surface area contributed by atoms with Crippen LogP contribution < -0.4 is 14.8 Å². The molecule has 150 valence electrons. The van der Waals surface area contributed by atoms with Crippen molar-refractivity contribution in [2.24, 2.45) is 0 Å². The van der Waals surface area contributed by atoms with Gasteiger partial charge in [-0.25, -0.2) is 9.78 Å². The molecule has 8 nitrogen and oxygen atoms in total. The van der Waals surface area contributed by atoms with E-state index in [1.54, 1.807) is 6.92 Å². The van der Waals surface area contributed by atoms with Crippen LogP contribution in [-0.2, 0) is 16.0 Å². The lowest BCUT2D eigenvalue weighted by Gasteiger charge is -2.12. The molecule has 1 amide bonds. The van der Waals surface area contributed by atoms with E-state index in [-0.39, 0.29) is 18.2 Å². The van der Waals surface area contributed by atoms with Crippen molar-refractivity contribution in [2.45, 2.75) is 27.2 Å². The largest absolute Gasteiger partial charge is 0.490 e. The first-order chi connectivity index (χ1) is 13.5. The van der Waals surface area contributed by atoms with E-state index in [2.05, 4.69) is 15.3 Å². The molecule has 0 unspecified atom stereocenters. The fourth-order valence-corrected chi connectivity index (χ4v) is 2.35. The number of hydrogen-bond donors (Lipinski definition) is 1. The molecule has 1 N–H and O–H groups in total. The van der Waals surface area contributed by atoms with E-state index in [4.69, 9.17) is 14.2 Å². The maximum atomic E-state index is 11.9. The van der Waals surface area contributed by atoms with Crippen molar-refractivity contribution >= 4 is 11.9 Å². The van der Waals surface area contributed by atoms with Crippen LogP contribution in [0.2, 0.25) is 0 Å². The van der Waals surface area contributed by atoms with Crippen molar-refractivity contribution < 1.29 is 23.8 Å². The summed E-state index contributed by atoms with van der Waals surface area (Å²) < 4.78 is 16.1. The number of esters is 1. The van der Waals surface area contributed by atoms with E-state index in [0.717, 1.165) is 5.56 Å². The summed E-state index contributed by atoms with van der Waals surface area (Å²) in [4.78, 5) is 31.5. The topological polar surface area (TPSA) is 99.6 Å². The first-order valence-corrected chi connectivity index (χ1v) is 9.14. The zero-order valence-corrected chi connectivity index (χ0v) is 16.4. The second-order valence-corrected chi connectivity index (χ2v) is 5.87. The third-order valence-electron chi connectivity index (χ3n) is 3.67. The molecule has 0 aliphatic heterocycles. The van der Waals surface area contributed by atoms with Gasteiger partial charge in [-0.15, -0.1) is 0 Å². The number of rotatable bonds is 10. The quantitative estimate of drug-likeness (QED) is 0.623. The maximum Gasteiger partial charge on any atom is 0.359 e. The first-order valence-electron chi connectivity index (χ1n) is 9.14. The number of amides is 1. The fourth-order valence-electron chi connectivity index (χ4n) is 2.35. The predicted octanol–water partition coefficient (Wildman–Crippen LogP) is 2.10. The molecule has 2 aromatic rings. The molecule has 2 rings (SSSR count). The average molecular weight is 387 g/mol. The van der Waals surface area contributed by atoms with Crippen LogP contribution in [0.4, 0.5) is 0 Å². The predicted molar refractivity (Wildman–Crippen MR) is 103 cm³/mol. The lowest BCUT2D eigenvalue weighted by molar-refractivity contribution is -0.124. The third-order valence-corrected chi connectivity index (χ3v) is 3.67. The van der Waals surface area contributed by atoms with Crippen LogP contribution in [0.25, 0.3) is 0 Å². The van der Waals surface area contributed by atoms with Gasteiger partial charge < -0.3 is 19.5 Å². The summed E-state index contributed by atoms with van der Waals surface area (Å²) in [6.45, 7) is 6.71. The molecule has 1 aromatic carbocycles. The number of carbonyl (C=O) groups is 2. The minimum atomic E-state index is -0.685. The number of aromatic nitrogens is 2. The average Bonchev–Trinajstić information content (AvgIpc) is 2.69. The molecule has 1 aromatic heterocycles. The number of nitrogens with one attached hydrogen (secondary N) is 1. The number of carbonyl (C=O) groups excluding carboxylic acids is 2. The standard InChI is InChI=1S/C20H25N3O5/c1-4-26-17-7-6-15(10-18(17)27-5-2)8-9-21-19(24)13-28-20(25)16-12-22-14(3)11-23-16/h6-7,10-12H,4-5,8-9,13H2,1-3H3,(H,21,24). The Morgan fingerprint density at radius 1 is 1.04 bits per heavy atom. The van der Waals surface area contributed by atoms with Crippen molar-refractivity contribution in [1.29, 1.82) is 0 Å². The Hall–Kier alpha value is -3.16. The van der Waals surface area contributed by atoms with Gasteiger partial charge in [0.25, 0.3) is 5.91 Å². The summed E-state index contributed by atoms with van der Waals surface area (Å²) in [5.74, 6) is 0.310. The molecular formula is C20H25N3O5. The molecule has 0 fully saturated rings. The molecule has 1 heterocycles. The highest BCUT2D eigenvalue weighted by Crippen LogP contribution is 2.28. The minimum Gasteiger partial charge on any atom is -0.490 e. The van der Waals surface area contributed by atoms with Crippen LogP contribution in [0.15, 0.2) is 30.6 Å². The molecule has 0 spiro atoms. The Labute approximate surface area is 164 Å². The first kappa shape index (κ1) is 21.1. The van der Waals surface area contributed by atoms with Gasteiger partial charge in [0.15, 0.2) is 23.8 Å². The van der Waals surface area contributed by atoms with E-state index in [9.17, 15) is 9.59 Å². The van der Waals surface area contributed by atoms with E-state index in [0.29, 0.717) is 43.4 Å². The van der Waals surface area contributed by atoms with Gasteiger partial charge in [0.2, 0.25) is 0 Å². The molecule has 8 heteroatoms. The highest BCUT2D eigenvalue weighted by atomic mass is 16.5. The van der Waals surface area contributed by atoms with Crippen LogP contribution in [0, 0.1) is 6.92 Å². The molecular weight excluding hydrogens is 362 g/mol. The zero-order valence-electron chi connectivity index (χ0n) is 16.4. The monoisotopic (exact) mass is 387 g/mol. The van der Waals surface area contributed by atoms with Gasteiger partial charge in [-0.1, -0.05) is 6.07 Å². The third kappa shape index (κ3) is 6.53. The summed E-state index contributed by atoms with van der Waals surface area (Å²) in [7, 11) is 0. The highest BCUT2D eigenvalue weighted by molar-refractivity contribution is 5.89. The van der Waals surface area contributed by atoms with Gasteiger partial charge in [-0.2, -0.15) is 0 Å². The molecule has 0 aliphatic carbocycles. The fraction of sp³-hybridized carbons (Fsp3) is 0.400. The Morgan fingerprint density at radius 3 is 2.46 bits per heavy atom. The van der Waals surface area contributed by atoms with Crippen molar-refractivity contribution in [2.75, 3.05) is 26.4 Å². The number of aryl methyl sites for hydroxylation is 1. The SMILES string of the molecule is CCOc1ccc(CCNC(=O)COC(=O)c2cnc(C)cn2)cc1OCC. The number of nitrogens with zero attached hydrogens (tertiary/aromatic N) is 2. The van der Waals surface area contributed by atoms with Crippen LogP contribution in [0.5, 0.6) is 11.5 Å². The molecule has 0 saturated carbocycles. The second kappa shape index (κ2) is 10.9. The lowest BCUT2D eigenvalue weighted by Crippen LogP contribution is -2.30. The molecule has 0 aliphatic rings. The van der Waals surface area contributed by atoms with Gasteiger partial charge >= 0.3 is 5.97 Å². The normalized spacial score (nSPS) is 10.2. The Morgan fingerprint density at radius 2 is 1.79 bits per heavy atom. The number of hydrogen-bond acceptors (Lipinski definition) is 7. The lowest BCUT2D eigenvalue weighted by atomic mass is 10.1. The maximum absolute atomic E-state index is 11.9. The van der Waals surface area contributed by atoms with E-state index < -0.39 is 5.97 Å². The number of benzene rings is 1. The van der Waals surface area contributed by atoms with E-state index in [1.807, 2.05) is 32.0 Å². The Kier molecular flexibility index (Phi) is 8.20. The van der Waals surface area contributed by atoms with Crippen LogP contribution in [0.1, 0.15) is 35.6 Å². The molecule has 28 heavy (non-hydrogen) atoms. The second-order valence-electron chi connectivity index (χ2n) is 5.87. The van der Waals surface area contributed by atoms with Crippen molar-refractivity contribution in [1.82, 2.24) is 15.3 Å². The number of ether oxygens (including phenoxy) is 3. The van der Waals surface area contributed by atoms with Gasteiger partial charge in [0.05, 0.1) is 25.1 Å². The summed E-state index contributed by atoms with van der Waals surface area (Å²) in [5.41, 5.74) is 1.76. The van der Waals surface area contributed by atoms with Gasteiger partial charge in [0.1, 0.15) is 0 Å². The Bertz CT molecular complexity index is 793. The highest BCUT2D eigenvalue weighted by Gasteiger charge is 2.12. The minimum absolute atomic E-state index is 0.0660. The summed E-state index contributed by atoms with van der Waals surface area (Å²) >= 11 is 0. The van der Waals surface area contributed by atoms with Crippen LogP contribution in [-0.4, -0.2) is 48.2 Å². The summed E-state index contributed by atoms with van der Waals surface area (Å²) in [5, 5.41) is 2.71. The molecule has 0 bridgehead atoms. The van der Waals surface area contributed by atoms with E-state index >= 15 is 0 Å². The molecule has 0 radical (unpaired) electrons. The van der Waals surface area contributed by atoms with E-state index in [1.165, 1.54) is 12.4 Å². The van der Waals surface area contributed by atoms with Crippen LogP contribution in [0.3, 0.4) is 0 Å². The van der Waals surface area contributed by atoms with Crippen molar-refractivity contribution in [3.05, 3.63) is 47.5 Å². The summed E-state index contributed by atoms with van der Waals surface area (Å²) in [6, 6.07) is 5.68. The van der Waals surface area contributed by atoms with Crippen molar-refractivity contribution in [3.63, 3.8) is 0 Å². The van der Waals surface area contributed by atoms with Gasteiger partial charge in [-0.3, -0.25) is 9.78 Å². The van der Waals surface area contributed by atoms with Gasteiger partial charge in [0, 0.05) is 12.7 Å².